The molecule has 3 rings (SSSR count). The molecule has 1 N–H and O–H groups in total. The molecule has 3 aromatic carbocycles. The van der Waals surface area contributed by atoms with E-state index in [4.69, 9.17) is 0 Å². The molecule has 0 saturated carbocycles. The zero-order chi connectivity index (χ0) is 24.8. The van der Waals surface area contributed by atoms with Crippen LogP contribution >= 0.6 is 0 Å². The zero-order valence-electron chi connectivity index (χ0n) is 20.6. The first-order valence-electron chi connectivity index (χ1n) is 11.6. The predicted octanol–water partition coefficient (Wildman–Crippen LogP) is 5.01. The van der Waals surface area contributed by atoms with Crippen molar-refractivity contribution in [1.82, 2.24) is 0 Å². The van der Waals surface area contributed by atoms with Gasteiger partial charge in [-0.05, 0) is 46.9 Å². The van der Waals surface area contributed by atoms with Gasteiger partial charge in [0, 0.05) is 51.1 Å². The molecule has 0 fully saturated rings. The van der Waals surface area contributed by atoms with E-state index in [2.05, 4.69) is 0 Å². The molecular weight excluding hydrogens is 426 g/mol. The van der Waals surface area contributed by atoms with E-state index in [9.17, 15) is 15.2 Å². The second kappa shape index (κ2) is 11.2. The Labute approximate surface area is 202 Å². The predicted molar refractivity (Wildman–Crippen MR) is 140 cm³/mol. The Morgan fingerprint density at radius 2 is 1.21 bits per heavy atom. The summed E-state index contributed by atoms with van der Waals surface area (Å²) in [5, 5.41) is 22.9. The molecule has 0 saturated heterocycles. The molecule has 6 nitrogen and oxygen atoms in total. The number of nitrogens with zero attached hydrogens (tertiary/aromatic N) is 3. The van der Waals surface area contributed by atoms with Crippen LogP contribution in [0.1, 0.15) is 35.4 Å². The third kappa shape index (κ3) is 5.57. The van der Waals surface area contributed by atoms with Crippen LogP contribution in [0.4, 0.5) is 11.4 Å². The van der Waals surface area contributed by atoms with Crippen LogP contribution in [0.2, 0.25) is 0 Å². The summed E-state index contributed by atoms with van der Waals surface area (Å²) in [4.78, 5) is 16.6. The monoisotopic (exact) mass is 461 g/mol. The first-order chi connectivity index (χ1) is 16.2. The number of anilines is 2. The summed E-state index contributed by atoms with van der Waals surface area (Å²) in [6.07, 6.45) is 0. The van der Waals surface area contributed by atoms with Crippen LogP contribution in [0.15, 0.2) is 78.9 Å². The fourth-order valence-corrected chi connectivity index (χ4v) is 4.66. The van der Waals surface area contributed by atoms with E-state index in [1.807, 2.05) is 124 Å². The van der Waals surface area contributed by atoms with E-state index in [0.717, 1.165) is 28.1 Å². The van der Waals surface area contributed by atoms with Crippen molar-refractivity contribution in [3.05, 3.63) is 106 Å². The average Bonchev–Trinajstić information content (AvgIpc) is 2.84. The fourth-order valence-electron chi connectivity index (χ4n) is 4.66. The highest BCUT2D eigenvalue weighted by molar-refractivity contribution is 5.51. The number of rotatable bonds is 10. The van der Waals surface area contributed by atoms with Gasteiger partial charge in [0.05, 0.1) is 11.8 Å². The Kier molecular flexibility index (Phi) is 8.29. The molecule has 0 unspecified atom stereocenters. The Morgan fingerprint density at radius 3 is 1.56 bits per heavy atom. The molecule has 0 heterocycles. The zero-order valence-corrected chi connectivity index (χ0v) is 20.6. The third-order valence-electron chi connectivity index (χ3n) is 6.58. The van der Waals surface area contributed by atoms with Gasteiger partial charge in [-0.2, -0.15) is 0 Å². The van der Waals surface area contributed by atoms with E-state index < -0.39 is 17.9 Å². The van der Waals surface area contributed by atoms with Crippen molar-refractivity contribution >= 4 is 11.4 Å². The minimum Gasteiger partial charge on any atom is -0.396 e. The number of benzene rings is 3. The number of hydrogen-bond acceptors (Lipinski definition) is 5. The van der Waals surface area contributed by atoms with E-state index in [1.54, 1.807) is 0 Å². The molecule has 0 aliphatic rings. The highest BCUT2D eigenvalue weighted by Crippen LogP contribution is 2.41. The first kappa shape index (κ1) is 25.2. The summed E-state index contributed by atoms with van der Waals surface area (Å²) in [6.45, 7) is 1.76. The van der Waals surface area contributed by atoms with Crippen LogP contribution in [0.25, 0.3) is 0 Å². The maximum Gasteiger partial charge on any atom is 0.231 e. The lowest BCUT2D eigenvalue weighted by Crippen LogP contribution is -2.38. The maximum absolute atomic E-state index is 12.8. The summed E-state index contributed by atoms with van der Waals surface area (Å²) < 4.78 is 0. The standard InChI is InChI=1S/C28H35N3O3/c1-20(19-32)26(21-9-7-6-8-10-21)28(31(33)34)27(22-11-15-24(16-12-22)29(2)3)23-13-17-25(18-14-23)30(4)5/h6-18,20,26-28,32H,19H2,1-5H3/t20-,26-,28+/m0/s1. The number of aliphatic hydroxyl groups is 1. The van der Waals surface area contributed by atoms with Crippen molar-refractivity contribution in [1.29, 1.82) is 0 Å². The van der Waals surface area contributed by atoms with Crippen LogP contribution < -0.4 is 9.80 Å². The number of nitro groups is 1. The summed E-state index contributed by atoms with van der Waals surface area (Å²) in [6, 6.07) is 24.6. The van der Waals surface area contributed by atoms with Gasteiger partial charge in [-0.25, -0.2) is 0 Å². The summed E-state index contributed by atoms with van der Waals surface area (Å²) in [5.41, 5.74) is 4.70. The van der Waals surface area contributed by atoms with E-state index in [0.29, 0.717) is 0 Å². The largest absolute Gasteiger partial charge is 0.396 e. The smallest absolute Gasteiger partial charge is 0.231 e. The van der Waals surface area contributed by atoms with Crippen molar-refractivity contribution in [2.45, 2.75) is 24.8 Å². The van der Waals surface area contributed by atoms with Gasteiger partial charge < -0.3 is 14.9 Å². The van der Waals surface area contributed by atoms with Crippen molar-refractivity contribution in [2.75, 3.05) is 44.6 Å². The van der Waals surface area contributed by atoms with Gasteiger partial charge >= 0.3 is 0 Å². The molecule has 0 spiro atoms. The Morgan fingerprint density at radius 1 is 0.765 bits per heavy atom. The summed E-state index contributed by atoms with van der Waals surface area (Å²) in [7, 11) is 7.89. The van der Waals surface area contributed by atoms with Gasteiger partial charge in [-0.1, -0.05) is 61.5 Å². The Bertz CT molecular complexity index is 999. The second-order valence-corrected chi connectivity index (χ2v) is 9.32. The normalized spacial score (nSPS) is 13.9. The van der Waals surface area contributed by atoms with E-state index in [-0.39, 0.29) is 17.4 Å². The minimum absolute atomic E-state index is 0.129. The average molecular weight is 462 g/mol. The van der Waals surface area contributed by atoms with E-state index in [1.165, 1.54) is 0 Å². The van der Waals surface area contributed by atoms with Crippen molar-refractivity contribution < 1.29 is 10.0 Å². The molecule has 34 heavy (non-hydrogen) atoms. The van der Waals surface area contributed by atoms with Gasteiger partial charge in [-0.15, -0.1) is 0 Å². The fraction of sp³-hybridized carbons (Fsp3) is 0.357. The number of aliphatic hydroxyl groups excluding tert-OH is 1. The van der Waals surface area contributed by atoms with Crippen LogP contribution in [-0.4, -0.2) is 50.9 Å². The molecule has 0 aliphatic heterocycles. The third-order valence-corrected chi connectivity index (χ3v) is 6.58. The minimum atomic E-state index is -0.958. The lowest BCUT2D eigenvalue weighted by molar-refractivity contribution is -0.531. The van der Waals surface area contributed by atoms with Gasteiger partial charge in [0.15, 0.2) is 0 Å². The van der Waals surface area contributed by atoms with Crippen LogP contribution in [-0.2, 0) is 0 Å². The molecule has 3 aromatic rings. The van der Waals surface area contributed by atoms with E-state index >= 15 is 0 Å². The van der Waals surface area contributed by atoms with Gasteiger partial charge in [-0.3, -0.25) is 10.1 Å². The Hall–Kier alpha value is -3.38. The highest BCUT2D eigenvalue weighted by atomic mass is 16.6. The molecule has 0 radical (unpaired) electrons. The summed E-state index contributed by atoms with van der Waals surface area (Å²) in [5.74, 6) is -1.24. The molecule has 180 valence electrons. The number of hydrogen-bond donors (Lipinski definition) is 1. The quantitative estimate of drug-likeness (QED) is 0.340. The van der Waals surface area contributed by atoms with Crippen molar-refractivity contribution in [2.24, 2.45) is 5.92 Å². The van der Waals surface area contributed by atoms with Gasteiger partial charge in [0.1, 0.15) is 0 Å². The topological polar surface area (TPSA) is 69.8 Å². The van der Waals surface area contributed by atoms with Crippen LogP contribution in [0.3, 0.4) is 0 Å². The maximum atomic E-state index is 12.8. The first-order valence-corrected chi connectivity index (χ1v) is 11.6. The molecule has 0 bridgehead atoms. The molecule has 6 heteroatoms. The van der Waals surface area contributed by atoms with Crippen LogP contribution in [0, 0.1) is 16.0 Å². The van der Waals surface area contributed by atoms with Crippen LogP contribution in [0.5, 0.6) is 0 Å². The highest BCUT2D eigenvalue weighted by Gasteiger charge is 2.44. The second-order valence-electron chi connectivity index (χ2n) is 9.32. The summed E-state index contributed by atoms with van der Waals surface area (Å²) >= 11 is 0. The molecule has 3 atom stereocenters. The molecule has 0 aromatic heterocycles. The molecule has 0 aliphatic carbocycles. The lowest BCUT2D eigenvalue weighted by Gasteiger charge is -2.32. The Balaban J connectivity index is 2.20. The van der Waals surface area contributed by atoms with Crippen molar-refractivity contribution in [3.8, 4) is 0 Å². The lowest BCUT2D eigenvalue weighted by atomic mass is 9.72. The van der Waals surface area contributed by atoms with Gasteiger partial charge in [0.25, 0.3) is 0 Å². The molecule has 0 amide bonds. The van der Waals surface area contributed by atoms with Gasteiger partial charge in [0.2, 0.25) is 6.04 Å². The SMILES string of the molecule is C[C@@H](CO)[C@@H](c1ccccc1)[C@H](C(c1ccc(N(C)C)cc1)c1ccc(N(C)C)cc1)[N+](=O)[O-]. The molecular formula is C28H35N3O3. The van der Waals surface area contributed by atoms with Crippen molar-refractivity contribution in [3.63, 3.8) is 0 Å².